The minimum absolute atomic E-state index is 0.537. The van der Waals surface area contributed by atoms with Gasteiger partial charge in [-0.3, -0.25) is 4.90 Å². The highest BCUT2D eigenvalue weighted by molar-refractivity contribution is 6.42. The smallest absolute Gasteiger partial charge is 0.0595 e. The van der Waals surface area contributed by atoms with Gasteiger partial charge in [-0.25, -0.2) is 0 Å². The summed E-state index contributed by atoms with van der Waals surface area (Å²) in [6.07, 6.45) is 10.8. The van der Waals surface area contributed by atoms with Crippen LogP contribution in [0.5, 0.6) is 0 Å². The van der Waals surface area contributed by atoms with Crippen molar-refractivity contribution in [1.82, 2.24) is 10.2 Å². The van der Waals surface area contributed by atoms with Crippen molar-refractivity contribution in [3.05, 3.63) is 33.8 Å². The Kier molecular flexibility index (Phi) is 5.62. The van der Waals surface area contributed by atoms with Gasteiger partial charge in [-0.15, -0.1) is 0 Å². The fourth-order valence-electron chi connectivity index (χ4n) is 5.64. The highest BCUT2D eigenvalue weighted by Crippen LogP contribution is 2.50. The summed E-state index contributed by atoms with van der Waals surface area (Å²) in [7, 11) is 0. The lowest BCUT2D eigenvalue weighted by Crippen LogP contribution is -2.53. The van der Waals surface area contributed by atoms with E-state index >= 15 is 0 Å². The number of hydrogen-bond acceptors (Lipinski definition) is 2. The topological polar surface area (TPSA) is 15.3 Å². The molecule has 0 bridgehead atoms. The third-order valence-corrected chi connectivity index (χ3v) is 7.78. The van der Waals surface area contributed by atoms with Crippen molar-refractivity contribution in [1.29, 1.82) is 0 Å². The quantitative estimate of drug-likeness (QED) is 0.777. The molecule has 2 saturated heterocycles. The van der Waals surface area contributed by atoms with Gasteiger partial charge < -0.3 is 5.32 Å². The lowest BCUT2D eigenvalue weighted by Gasteiger charge is -2.50. The summed E-state index contributed by atoms with van der Waals surface area (Å²) in [5.74, 6) is 0.796. The molecule has 1 aliphatic carbocycles. The number of piperidine rings is 2. The molecule has 1 saturated carbocycles. The second kappa shape index (κ2) is 7.76. The molecule has 0 radical (unpaired) electrons. The summed E-state index contributed by atoms with van der Waals surface area (Å²) in [6, 6.07) is 7.04. The van der Waals surface area contributed by atoms with Gasteiger partial charge >= 0.3 is 0 Å². The Labute approximate surface area is 162 Å². The van der Waals surface area contributed by atoms with E-state index in [1.807, 2.05) is 6.07 Å². The molecule has 1 atom stereocenters. The van der Waals surface area contributed by atoms with Crippen molar-refractivity contribution in [2.45, 2.75) is 57.4 Å². The lowest BCUT2D eigenvalue weighted by molar-refractivity contribution is 0.000461. The monoisotopic (exact) mass is 380 g/mol. The minimum Gasteiger partial charge on any atom is -0.317 e. The second-order valence-electron chi connectivity index (χ2n) is 8.46. The molecular formula is C21H30Cl2N2. The van der Waals surface area contributed by atoms with Gasteiger partial charge in [-0.05, 0) is 87.2 Å². The van der Waals surface area contributed by atoms with Crippen LogP contribution in [0.15, 0.2) is 18.2 Å². The molecule has 4 rings (SSSR count). The Morgan fingerprint density at radius 1 is 1.04 bits per heavy atom. The molecular weight excluding hydrogens is 351 g/mol. The molecule has 0 aromatic heterocycles. The van der Waals surface area contributed by atoms with E-state index in [-0.39, 0.29) is 0 Å². The standard InChI is InChI=1S/C21H30Cl2N2/c22-19-4-3-16(14-20(19)23)13-17-7-12-25(18-5-10-24-11-6-18)15-21(17)8-1-2-9-21/h3-4,14,17-18,24H,1-2,5-13,15H2. The normalized spacial score (nSPS) is 27.8. The Morgan fingerprint density at radius 3 is 2.52 bits per heavy atom. The van der Waals surface area contributed by atoms with Crippen LogP contribution in [0, 0.1) is 11.3 Å². The van der Waals surface area contributed by atoms with Gasteiger partial charge in [0.1, 0.15) is 0 Å². The van der Waals surface area contributed by atoms with Gasteiger partial charge in [-0.1, -0.05) is 42.1 Å². The minimum atomic E-state index is 0.537. The molecule has 1 N–H and O–H groups in total. The number of nitrogens with one attached hydrogen (secondary N) is 1. The SMILES string of the molecule is Clc1ccc(CC2CCN(C3CCNCC3)CC23CCCC3)cc1Cl. The number of nitrogens with zero attached hydrogens (tertiary/aromatic N) is 1. The maximum absolute atomic E-state index is 6.26. The predicted octanol–water partition coefficient (Wildman–Crippen LogP) is 5.17. The molecule has 4 heteroatoms. The Bertz CT molecular complexity index is 592. The molecule has 2 nitrogen and oxygen atoms in total. The fraction of sp³-hybridized carbons (Fsp3) is 0.714. The van der Waals surface area contributed by atoms with E-state index in [1.54, 1.807) is 0 Å². The van der Waals surface area contributed by atoms with Crippen molar-refractivity contribution in [2.75, 3.05) is 26.2 Å². The number of halogens is 2. The van der Waals surface area contributed by atoms with Crippen LogP contribution in [0.2, 0.25) is 10.0 Å². The molecule has 138 valence electrons. The van der Waals surface area contributed by atoms with E-state index in [0.29, 0.717) is 15.5 Å². The van der Waals surface area contributed by atoms with Crippen LogP contribution >= 0.6 is 23.2 Å². The van der Waals surface area contributed by atoms with Crippen LogP contribution in [0.25, 0.3) is 0 Å². The molecule has 1 unspecified atom stereocenters. The third kappa shape index (κ3) is 3.88. The first kappa shape index (κ1) is 18.1. The molecule has 1 aromatic carbocycles. The first-order valence-corrected chi connectivity index (χ1v) is 10.8. The van der Waals surface area contributed by atoms with Crippen molar-refractivity contribution in [2.24, 2.45) is 11.3 Å². The summed E-state index contributed by atoms with van der Waals surface area (Å²) in [6.45, 7) is 4.99. The Hall–Kier alpha value is -0.280. The Morgan fingerprint density at radius 2 is 1.80 bits per heavy atom. The average molecular weight is 381 g/mol. The summed E-state index contributed by atoms with van der Waals surface area (Å²) >= 11 is 12.4. The fourth-order valence-corrected chi connectivity index (χ4v) is 5.96. The van der Waals surface area contributed by atoms with Gasteiger partial charge in [0.15, 0.2) is 0 Å². The highest BCUT2D eigenvalue weighted by atomic mass is 35.5. The summed E-state index contributed by atoms with van der Waals surface area (Å²) in [4.78, 5) is 2.84. The van der Waals surface area contributed by atoms with Crippen LogP contribution < -0.4 is 5.32 Å². The van der Waals surface area contributed by atoms with Gasteiger partial charge in [0.25, 0.3) is 0 Å². The first-order valence-electron chi connectivity index (χ1n) is 10.0. The van der Waals surface area contributed by atoms with Gasteiger partial charge in [0.2, 0.25) is 0 Å². The summed E-state index contributed by atoms with van der Waals surface area (Å²) < 4.78 is 0. The number of rotatable bonds is 3. The molecule has 1 aromatic rings. The van der Waals surface area contributed by atoms with Crippen LogP contribution in [0.4, 0.5) is 0 Å². The van der Waals surface area contributed by atoms with Crippen molar-refractivity contribution in [3.8, 4) is 0 Å². The van der Waals surface area contributed by atoms with Crippen LogP contribution in [-0.4, -0.2) is 37.1 Å². The first-order chi connectivity index (χ1) is 12.2. The molecule has 1 spiro atoms. The van der Waals surface area contributed by atoms with E-state index in [0.717, 1.165) is 18.4 Å². The van der Waals surface area contributed by atoms with Crippen molar-refractivity contribution >= 4 is 23.2 Å². The largest absolute Gasteiger partial charge is 0.317 e. The zero-order valence-corrected chi connectivity index (χ0v) is 16.6. The molecule has 3 aliphatic rings. The zero-order chi connectivity index (χ0) is 17.3. The number of hydrogen-bond donors (Lipinski definition) is 1. The second-order valence-corrected chi connectivity index (χ2v) is 9.27. The highest BCUT2D eigenvalue weighted by Gasteiger charge is 2.46. The molecule has 2 aliphatic heterocycles. The maximum atomic E-state index is 6.26. The van der Waals surface area contributed by atoms with Gasteiger partial charge in [0, 0.05) is 12.6 Å². The molecule has 2 heterocycles. The number of benzene rings is 1. The molecule has 25 heavy (non-hydrogen) atoms. The molecule has 3 fully saturated rings. The summed E-state index contributed by atoms with van der Waals surface area (Å²) in [5.41, 5.74) is 1.90. The average Bonchev–Trinajstić information content (AvgIpc) is 3.10. The van der Waals surface area contributed by atoms with E-state index in [1.165, 1.54) is 76.7 Å². The maximum Gasteiger partial charge on any atom is 0.0595 e. The van der Waals surface area contributed by atoms with E-state index in [2.05, 4.69) is 22.3 Å². The van der Waals surface area contributed by atoms with Gasteiger partial charge in [-0.2, -0.15) is 0 Å². The van der Waals surface area contributed by atoms with Gasteiger partial charge in [0.05, 0.1) is 10.0 Å². The van der Waals surface area contributed by atoms with Crippen molar-refractivity contribution in [3.63, 3.8) is 0 Å². The van der Waals surface area contributed by atoms with Crippen LogP contribution in [-0.2, 0) is 6.42 Å². The van der Waals surface area contributed by atoms with E-state index in [4.69, 9.17) is 23.2 Å². The Balaban J connectivity index is 1.49. The summed E-state index contributed by atoms with van der Waals surface area (Å²) in [5, 5.41) is 4.89. The third-order valence-electron chi connectivity index (χ3n) is 7.04. The van der Waals surface area contributed by atoms with E-state index in [9.17, 15) is 0 Å². The van der Waals surface area contributed by atoms with E-state index < -0.39 is 0 Å². The predicted molar refractivity (Wildman–Crippen MR) is 107 cm³/mol. The molecule has 0 amide bonds. The van der Waals surface area contributed by atoms with Crippen LogP contribution in [0.3, 0.4) is 0 Å². The van der Waals surface area contributed by atoms with Crippen LogP contribution in [0.1, 0.15) is 50.5 Å². The number of likely N-dealkylation sites (tertiary alicyclic amines) is 1. The van der Waals surface area contributed by atoms with Crippen molar-refractivity contribution < 1.29 is 0 Å². The zero-order valence-electron chi connectivity index (χ0n) is 15.1. The lowest BCUT2D eigenvalue weighted by atomic mass is 9.67.